The molecule has 1 aliphatic rings. The Morgan fingerprint density at radius 2 is 1.92 bits per heavy atom. The average molecular weight is 183 g/mol. The first-order chi connectivity index (χ1) is 6.04. The summed E-state index contributed by atoms with van der Waals surface area (Å²) < 4.78 is 0. The van der Waals surface area contributed by atoms with Gasteiger partial charge >= 0.3 is 0 Å². The van der Waals surface area contributed by atoms with Crippen LogP contribution in [0.2, 0.25) is 0 Å². The van der Waals surface area contributed by atoms with E-state index in [0.29, 0.717) is 5.41 Å². The Morgan fingerprint density at radius 3 is 2.46 bits per heavy atom. The van der Waals surface area contributed by atoms with Crippen molar-refractivity contribution in [2.24, 2.45) is 17.3 Å². The first-order valence-corrected chi connectivity index (χ1v) is 5.68. The van der Waals surface area contributed by atoms with Crippen LogP contribution in [0.15, 0.2) is 0 Å². The third-order valence-corrected chi connectivity index (χ3v) is 3.50. The van der Waals surface area contributed by atoms with Gasteiger partial charge in [-0.3, -0.25) is 0 Å². The van der Waals surface area contributed by atoms with Gasteiger partial charge in [0.1, 0.15) is 0 Å². The van der Waals surface area contributed by atoms with E-state index in [4.69, 9.17) is 0 Å². The molecule has 0 bridgehead atoms. The Morgan fingerprint density at radius 1 is 1.23 bits per heavy atom. The van der Waals surface area contributed by atoms with Crippen LogP contribution in [0.5, 0.6) is 0 Å². The van der Waals surface area contributed by atoms with E-state index in [9.17, 15) is 0 Å². The Bertz CT molecular complexity index is 144. The summed E-state index contributed by atoms with van der Waals surface area (Å²) in [5, 5.41) is 3.31. The quantitative estimate of drug-likeness (QED) is 0.694. The number of rotatable bonds is 2. The predicted octanol–water partition coefficient (Wildman–Crippen LogP) is 3.06. The van der Waals surface area contributed by atoms with Crippen LogP contribution in [0.3, 0.4) is 0 Å². The van der Waals surface area contributed by atoms with Gasteiger partial charge in [-0.05, 0) is 50.1 Å². The molecule has 1 aliphatic carbocycles. The SMILES string of the molecule is CNCC1CCCC(C(C)(C)C)C1. The molecular formula is C12H25N. The minimum Gasteiger partial charge on any atom is -0.319 e. The molecule has 2 unspecified atom stereocenters. The number of hydrogen-bond donors (Lipinski definition) is 1. The molecule has 0 aliphatic heterocycles. The number of nitrogens with one attached hydrogen (secondary N) is 1. The molecule has 78 valence electrons. The van der Waals surface area contributed by atoms with Crippen molar-refractivity contribution in [2.45, 2.75) is 46.5 Å². The summed E-state index contributed by atoms with van der Waals surface area (Å²) in [5.41, 5.74) is 0.520. The van der Waals surface area contributed by atoms with Gasteiger partial charge in [-0.2, -0.15) is 0 Å². The van der Waals surface area contributed by atoms with Crippen molar-refractivity contribution in [3.05, 3.63) is 0 Å². The Labute approximate surface area is 83.3 Å². The molecule has 1 saturated carbocycles. The molecule has 0 saturated heterocycles. The fraction of sp³-hybridized carbons (Fsp3) is 1.00. The lowest BCUT2D eigenvalue weighted by molar-refractivity contribution is 0.141. The van der Waals surface area contributed by atoms with Crippen molar-refractivity contribution >= 4 is 0 Å². The second kappa shape index (κ2) is 4.45. The lowest BCUT2D eigenvalue weighted by Gasteiger charge is -2.37. The Balaban J connectivity index is 2.42. The highest BCUT2D eigenvalue weighted by molar-refractivity contribution is 4.81. The Hall–Kier alpha value is -0.0400. The standard InChI is InChI=1S/C12H25N/c1-12(2,3)11-7-5-6-10(8-11)9-13-4/h10-11,13H,5-9H2,1-4H3. The van der Waals surface area contributed by atoms with Crippen molar-refractivity contribution in [3.63, 3.8) is 0 Å². The van der Waals surface area contributed by atoms with E-state index in [-0.39, 0.29) is 0 Å². The molecular weight excluding hydrogens is 158 g/mol. The monoisotopic (exact) mass is 183 g/mol. The highest BCUT2D eigenvalue weighted by Crippen LogP contribution is 2.39. The van der Waals surface area contributed by atoms with Gasteiger partial charge in [0.25, 0.3) is 0 Å². The summed E-state index contributed by atoms with van der Waals surface area (Å²) in [6.45, 7) is 8.38. The predicted molar refractivity (Wildman–Crippen MR) is 58.8 cm³/mol. The molecule has 1 rings (SSSR count). The maximum atomic E-state index is 3.31. The van der Waals surface area contributed by atoms with Gasteiger partial charge < -0.3 is 5.32 Å². The van der Waals surface area contributed by atoms with Crippen LogP contribution in [-0.2, 0) is 0 Å². The molecule has 0 aromatic heterocycles. The highest BCUT2D eigenvalue weighted by Gasteiger charge is 2.29. The zero-order valence-electron chi connectivity index (χ0n) is 9.69. The van der Waals surface area contributed by atoms with Crippen molar-refractivity contribution in [1.82, 2.24) is 5.32 Å². The van der Waals surface area contributed by atoms with E-state index in [1.165, 1.54) is 32.2 Å². The maximum Gasteiger partial charge on any atom is -0.00234 e. The lowest BCUT2D eigenvalue weighted by atomic mass is 9.69. The molecule has 1 fully saturated rings. The molecule has 1 heteroatoms. The average Bonchev–Trinajstić information content (AvgIpc) is 2.04. The molecule has 0 spiro atoms. The maximum absolute atomic E-state index is 3.31. The van der Waals surface area contributed by atoms with E-state index in [1.54, 1.807) is 0 Å². The van der Waals surface area contributed by atoms with E-state index < -0.39 is 0 Å². The first kappa shape index (κ1) is 11.0. The van der Waals surface area contributed by atoms with Crippen LogP contribution in [0.25, 0.3) is 0 Å². The van der Waals surface area contributed by atoms with Gasteiger partial charge in [-0.1, -0.05) is 27.2 Å². The normalized spacial score (nSPS) is 30.5. The van der Waals surface area contributed by atoms with Crippen LogP contribution in [0, 0.1) is 17.3 Å². The summed E-state index contributed by atoms with van der Waals surface area (Å²) in [4.78, 5) is 0. The van der Waals surface area contributed by atoms with E-state index in [0.717, 1.165) is 11.8 Å². The topological polar surface area (TPSA) is 12.0 Å². The summed E-state index contributed by atoms with van der Waals surface area (Å²) in [7, 11) is 2.07. The molecule has 0 heterocycles. The van der Waals surface area contributed by atoms with Crippen molar-refractivity contribution < 1.29 is 0 Å². The van der Waals surface area contributed by atoms with E-state index in [2.05, 4.69) is 33.1 Å². The fourth-order valence-electron chi connectivity index (χ4n) is 2.55. The number of hydrogen-bond acceptors (Lipinski definition) is 1. The third-order valence-electron chi connectivity index (χ3n) is 3.50. The molecule has 0 radical (unpaired) electrons. The van der Waals surface area contributed by atoms with Crippen LogP contribution >= 0.6 is 0 Å². The molecule has 13 heavy (non-hydrogen) atoms. The van der Waals surface area contributed by atoms with Crippen LogP contribution in [-0.4, -0.2) is 13.6 Å². The zero-order chi connectivity index (χ0) is 9.90. The Kier molecular flexibility index (Phi) is 3.78. The van der Waals surface area contributed by atoms with Crippen molar-refractivity contribution in [3.8, 4) is 0 Å². The van der Waals surface area contributed by atoms with Gasteiger partial charge in [0.15, 0.2) is 0 Å². The second-order valence-corrected chi connectivity index (χ2v) is 5.65. The first-order valence-electron chi connectivity index (χ1n) is 5.68. The van der Waals surface area contributed by atoms with Gasteiger partial charge in [0, 0.05) is 0 Å². The van der Waals surface area contributed by atoms with Crippen LogP contribution in [0.1, 0.15) is 46.5 Å². The molecule has 1 N–H and O–H groups in total. The summed E-state index contributed by atoms with van der Waals surface area (Å²) in [6.07, 6.45) is 5.76. The lowest BCUT2D eigenvalue weighted by Crippen LogP contribution is -2.30. The van der Waals surface area contributed by atoms with Crippen molar-refractivity contribution in [1.29, 1.82) is 0 Å². The van der Waals surface area contributed by atoms with Gasteiger partial charge in [0.2, 0.25) is 0 Å². The van der Waals surface area contributed by atoms with Crippen LogP contribution < -0.4 is 5.32 Å². The van der Waals surface area contributed by atoms with E-state index in [1.807, 2.05) is 0 Å². The molecule has 0 aromatic rings. The summed E-state index contributed by atoms with van der Waals surface area (Å²) >= 11 is 0. The minimum absolute atomic E-state index is 0.520. The van der Waals surface area contributed by atoms with Gasteiger partial charge in [-0.15, -0.1) is 0 Å². The molecule has 1 nitrogen and oxygen atoms in total. The minimum atomic E-state index is 0.520. The largest absolute Gasteiger partial charge is 0.319 e. The smallest absolute Gasteiger partial charge is 0.00234 e. The van der Waals surface area contributed by atoms with Crippen molar-refractivity contribution in [2.75, 3.05) is 13.6 Å². The highest BCUT2D eigenvalue weighted by atomic mass is 14.8. The second-order valence-electron chi connectivity index (χ2n) is 5.65. The fourth-order valence-corrected chi connectivity index (χ4v) is 2.55. The molecule has 0 aromatic carbocycles. The molecule has 2 atom stereocenters. The van der Waals surface area contributed by atoms with Gasteiger partial charge in [-0.25, -0.2) is 0 Å². The zero-order valence-corrected chi connectivity index (χ0v) is 9.69. The summed E-state index contributed by atoms with van der Waals surface area (Å²) in [6, 6.07) is 0. The molecule has 0 amide bonds. The summed E-state index contributed by atoms with van der Waals surface area (Å²) in [5.74, 6) is 1.88. The van der Waals surface area contributed by atoms with E-state index >= 15 is 0 Å². The third kappa shape index (κ3) is 3.30. The van der Waals surface area contributed by atoms with Gasteiger partial charge in [0.05, 0.1) is 0 Å². The van der Waals surface area contributed by atoms with Crippen LogP contribution in [0.4, 0.5) is 0 Å².